The molecule has 0 amide bonds. The molecule has 0 unspecified atom stereocenters. The largest absolute Gasteiger partial charge is 0.493 e. The summed E-state index contributed by atoms with van der Waals surface area (Å²) in [5.74, 6) is -0.369. The SMILES string of the molecule is COc1cc(C2C3=C(CC(C)(C)CC3=O)N(Cc3ccccc3)C3=C2C(=O)CC(C)(C)C3)cc(I)c1OS(=O)(=O)c1ccc(Cl)cc1. The van der Waals surface area contributed by atoms with Crippen LogP contribution in [-0.2, 0) is 26.3 Å². The first kappa shape index (κ1) is 33.7. The third kappa shape index (κ3) is 6.63. The number of carbonyl (C=O) groups excluding carboxylic acids is 2. The van der Waals surface area contributed by atoms with Crippen molar-refractivity contribution < 1.29 is 26.9 Å². The number of rotatable bonds is 7. The molecule has 6 rings (SSSR count). The standard InChI is InChI=1S/C37H37ClINO6S/c1-36(2)17-27-33(29(41)19-36)32(34-28(18-37(3,4)20-30(34)42)40(27)21-22-9-7-6-8-10-22)23-15-26(39)35(31(16-23)45-5)46-47(43,44)25-13-11-24(38)12-14-25/h6-16,32H,17-21H2,1-5H3. The highest BCUT2D eigenvalue weighted by Gasteiger charge is 2.49. The fraction of sp³-hybridized carbons (Fsp3) is 0.351. The predicted octanol–water partition coefficient (Wildman–Crippen LogP) is 8.61. The van der Waals surface area contributed by atoms with Crippen LogP contribution in [0.4, 0.5) is 0 Å². The average molecular weight is 786 g/mol. The van der Waals surface area contributed by atoms with Crippen LogP contribution in [0, 0.1) is 14.4 Å². The molecular weight excluding hydrogens is 749 g/mol. The van der Waals surface area contributed by atoms with E-state index < -0.39 is 16.0 Å². The quantitative estimate of drug-likeness (QED) is 0.175. The number of hydrogen-bond acceptors (Lipinski definition) is 7. The summed E-state index contributed by atoms with van der Waals surface area (Å²) in [5.41, 5.74) is 4.41. The van der Waals surface area contributed by atoms with Crippen molar-refractivity contribution in [2.75, 3.05) is 7.11 Å². The molecule has 0 fully saturated rings. The monoisotopic (exact) mass is 785 g/mol. The number of benzene rings is 3. The number of Topliss-reactive ketones (excluding diaryl/α,β-unsaturated/α-hetero) is 2. The molecule has 246 valence electrons. The Morgan fingerprint density at radius 3 is 1.94 bits per heavy atom. The first-order chi connectivity index (χ1) is 22.1. The summed E-state index contributed by atoms with van der Waals surface area (Å²) < 4.78 is 38.4. The van der Waals surface area contributed by atoms with Crippen molar-refractivity contribution in [3.05, 3.63) is 109 Å². The lowest BCUT2D eigenvalue weighted by Crippen LogP contribution is -2.44. The lowest BCUT2D eigenvalue weighted by Gasteiger charge is -2.49. The van der Waals surface area contributed by atoms with Crippen molar-refractivity contribution in [2.45, 2.75) is 70.7 Å². The van der Waals surface area contributed by atoms with E-state index in [1.165, 1.54) is 31.4 Å². The average Bonchev–Trinajstić information content (AvgIpc) is 2.98. The van der Waals surface area contributed by atoms with Crippen LogP contribution >= 0.6 is 34.2 Å². The van der Waals surface area contributed by atoms with Crippen molar-refractivity contribution in [1.29, 1.82) is 0 Å². The van der Waals surface area contributed by atoms with E-state index in [2.05, 4.69) is 44.7 Å². The van der Waals surface area contributed by atoms with E-state index in [9.17, 15) is 18.0 Å². The fourth-order valence-corrected chi connectivity index (χ4v) is 9.05. The number of ketones is 2. The molecule has 47 heavy (non-hydrogen) atoms. The van der Waals surface area contributed by atoms with Crippen molar-refractivity contribution in [3.8, 4) is 11.5 Å². The number of halogens is 2. The van der Waals surface area contributed by atoms with Crippen molar-refractivity contribution in [3.63, 3.8) is 0 Å². The topological polar surface area (TPSA) is 90.0 Å². The van der Waals surface area contributed by atoms with Gasteiger partial charge in [0.2, 0.25) is 0 Å². The highest BCUT2D eigenvalue weighted by Crippen LogP contribution is 2.55. The molecule has 1 heterocycles. The van der Waals surface area contributed by atoms with Gasteiger partial charge < -0.3 is 13.8 Å². The zero-order chi connectivity index (χ0) is 33.9. The molecule has 3 aromatic carbocycles. The van der Waals surface area contributed by atoms with Crippen LogP contribution in [0.25, 0.3) is 0 Å². The number of methoxy groups -OCH3 is 1. The van der Waals surface area contributed by atoms with Crippen LogP contribution in [0.1, 0.15) is 70.4 Å². The van der Waals surface area contributed by atoms with Crippen LogP contribution in [0.5, 0.6) is 11.5 Å². The van der Waals surface area contributed by atoms with Crippen LogP contribution in [0.15, 0.2) is 94.2 Å². The van der Waals surface area contributed by atoms with Crippen LogP contribution in [0.3, 0.4) is 0 Å². The number of carbonyl (C=O) groups is 2. The minimum absolute atomic E-state index is 0.0168. The lowest BCUT2D eigenvalue weighted by atomic mass is 9.63. The molecule has 2 aliphatic carbocycles. The van der Waals surface area contributed by atoms with Crippen molar-refractivity contribution in [2.24, 2.45) is 10.8 Å². The van der Waals surface area contributed by atoms with Gasteiger partial charge >= 0.3 is 10.1 Å². The summed E-state index contributed by atoms with van der Waals surface area (Å²) >= 11 is 8.00. The van der Waals surface area contributed by atoms with Gasteiger partial charge in [-0.1, -0.05) is 69.6 Å². The first-order valence-electron chi connectivity index (χ1n) is 15.5. The molecule has 7 nitrogen and oxygen atoms in total. The maximum Gasteiger partial charge on any atom is 0.339 e. The molecule has 3 aliphatic rings. The molecule has 1 aliphatic heterocycles. The fourth-order valence-electron chi connectivity index (χ4n) is 7.08. The highest BCUT2D eigenvalue weighted by atomic mass is 127. The number of ether oxygens (including phenoxy) is 1. The molecule has 0 N–H and O–H groups in total. The maximum absolute atomic E-state index is 14.2. The Balaban J connectivity index is 1.53. The van der Waals surface area contributed by atoms with Gasteiger partial charge in [0.1, 0.15) is 4.90 Å². The van der Waals surface area contributed by atoms with Crippen LogP contribution in [0.2, 0.25) is 5.02 Å². The van der Waals surface area contributed by atoms with Crippen molar-refractivity contribution in [1.82, 2.24) is 4.90 Å². The molecule has 0 spiro atoms. The highest BCUT2D eigenvalue weighted by molar-refractivity contribution is 14.1. The van der Waals surface area contributed by atoms with E-state index in [4.69, 9.17) is 20.5 Å². The van der Waals surface area contributed by atoms with Crippen molar-refractivity contribution >= 4 is 55.9 Å². The molecule has 10 heteroatoms. The minimum Gasteiger partial charge on any atom is -0.493 e. The van der Waals surface area contributed by atoms with Crippen LogP contribution < -0.4 is 8.92 Å². The number of nitrogens with zero attached hydrogens (tertiary/aromatic N) is 1. The van der Waals surface area contributed by atoms with Gasteiger partial charge in [0.25, 0.3) is 0 Å². The third-order valence-corrected chi connectivity index (χ3v) is 11.4. The van der Waals surface area contributed by atoms with E-state index >= 15 is 0 Å². The second kappa shape index (κ2) is 12.4. The Kier molecular flexibility index (Phi) is 8.89. The molecule has 0 bridgehead atoms. The zero-order valence-electron chi connectivity index (χ0n) is 27.0. The second-order valence-corrected chi connectivity index (χ2v) is 17.3. The van der Waals surface area contributed by atoms with Gasteiger partial charge in [-0.25, -0.2) is 0 Å². The smallest absolute Gasteiger partial charge is 0.339 e. The zero-order valence-corrected chi connectivity index (χ0v) is 30.8. The summed E-state index contributed by atoms with van der Waals surface area (Å²) in [6.07, 6.45) is 2.08. The number of hydrogen-bond donors (Lipinski definition) is 0. The molecule has 0 saturated carbocycles. The molecule has 0 atom stereocenters. The van der Waals surface area contributed by atoms with E-state index in [1.807, 2.05) is 46.9 Å². The predicted molar refractivity (Wildman–Crippen MR) is 190 cm³/mol. The Hall–Kier alpha value is -3.15. The van der Waals surface area contributed by atoms with Crippen LogP contribution in [-0.4, -0.2) is 32.0 Å². The maximum atomic E-state index is 14.2. The molecule has 3 aromatic rings. The minimum atomic E-state index is -4.22. The van der Waals surface area contributed by atoms with Gasteiger partial charge in [0.15, 0.2) is 23.1 Å². The first-order valence-corrected chi connectivity index (χ1v) is 18.4. The summed E-state index contributed by atoms with van der Waals surface area (Å²) in [4.78, 5) is 30.7. The Morgan fingerprint density at radius 1 is 0.851 bits per heavy atom. The Labute approximate surface area is 295 Å². The lowest BCUT2D eigenvalue weighted by molar-refractivity contribution is -0.119. The summed E-state index contributed by atoms with van der Waals surface area (Å²) in [7, 11) is -2.78. The van der Waals surface area contributed by atoms with Gasteiger partial charge in [-0.3, -0.25) is 9.59 Å². The Morgan fingerprint density at radius 2 is 1.40 bits per heavy atom. The Bertz CT molecular complexity index is 1890. The van der Waals surface area contributed by atoms with E-state index in [-0.39, 0.29) is 38.8 Å². The van der Waals surface area contributed by atoms with Gasteiger partial charge in [-0.2, -0.15) is 8.42 Å². The third-order valence-electron chi connectivity index (χ3n) is 9.09. The second-order valence-electron chi connectivity index (χ2n) is 14.1. The molecule has 0 radical (unpaired) electrons. The normalized spacial score (nSPS) is 19.4. The molecule has 0 saturated heterocycles. The van der Waals surface area contributed by atoms with E-state index in [0.29, 0.717) is 57.5 Å². The summed E-state index contributed by atoms with van der Waals surface area (Å²) in [6, 6.07) is 19.4. The van der Waals surface area contributed by atoms with E-state index in [0.717, 1.165) is 17.0 Å². The number of allylic oxidation sites excluding steroid dienone is 4. The molecular formula is C37H37ClINO6S. The summed E-state index contributed by atoms with van der Waals surface area (Å²) in [6.45, 7) is 9.01. The molecule has 0 aromatic heterocycles. The van der Waals surface area contributed by atoms with Gasteiger partial charge in [0, 0.05) is 52.9 Å². The summed E-state index contributed by atoms with van der Waals surface area (Å²) in [5, 5.41) is 0.402. The van der Waals surface area contributed by atoms with Gasteiger partial charge in [0.05, 0.1) is 10.7 Å². The van der Waals surface area contributed by atoms with Gasteiger partial charge in [-0.15, -0.1) is 0 Å². The van der Waals surface area contributed by atoms with E-state index in [1.54, 1.807) is 6.07 Å². The van der Waals surface area contributed by atoms with Gasteiger partial charge in [-0.05, 0) is 93.8 Å².